The Balaban J connectivity index is 1.99. The van der Waals surface area contributed by atoms with Gasteiger partial charge < -0.3 is 11.1 Å². The van der Waals surface area contributed by atoms with Crippen molar-refractivity contribution >= 4 is 5.91 Å². The van der Waals surface area contributed by atoms with E-state index in [-0.39, 0.29) is 5.91 Å². The van der Waals surface area contributed by atoms with Crippen LogP contribution in [0.1, 0.15) is 5.56 Å². The van der Waals surface area contributed by atoms with Crippen molar-refractivity contribution in [2.24, 2.45) is 5.73 Å². The summed E-state index contributed by atoms with van der Waals surface area (Å²) >= 11 is 0. The molecule has 0 bridgehead atoms. The van der Waals surface area contributed by atoms with E-state index < -0.39 is 0 Å². The van der Waals surface area contributed by atoms with Gasteiger partial charge in [-0.25, -0.2) is 0 Å². The van der Waals surface area contributed by atoms with Crippen LogP contribution < -0.4 is 11.1 Å². The predicted octanol–water partition coefficient (Wildman–Crippen LogP) is -0.0118. The van der Waals surface area contributed by atoms with Crippen molar-refractivity contribution in [3.63, 3.8) is 0 Å². The first-order valence-corrected chi connectivity index (χ1v) is 6.02. The van der Waals surface area contributed by atoms with E-state index in [1.165, 1.54) is 5.56 Å². The Bertz CT molecular complexity index is 366. The predicted molar refractivity (Wildman–Crippen MR) is 67.6 cm³/mol. The highest BCUT2D eigenvalue weighted by molar-refractivity contribution is 5.76. The third-order valence-corrected chi connectivity index (χ3v) is 3.15. The molecule has 1 atom stereocenters. The zero-order valence-electron chi connectivity index (χ0n) is 9.93. The van der Waals surface area contributed by atoms with Gasteiger partial charge in [0.2, 0.25) is 5.91 Å². The van der Waals surface area contributed by atoms with Gasteiger partial charge >= 0.3 is 0 Å². The lowest BCUT2D eigenvalue weighted by Crippen LogP contribution is -2.54. The lowest BCUT2D eigenvalue weighted by molar-refractivity contribution is -0.119. The second-order valence-electron chi connectivity index (χ2n) is 4.48. The molecule has 92 valence electrons. The molecule has 3 N–H and O–H groups in total. The van der Waals surface area contributed by atoms with E-state index in [0.717, 1.165) is 26.1 Å². The summed E-state index contributed by atoms with van der Waals surface area (Å²) in [7, 11) is 0. The van der Waals surface area contributed by atoms with Gasteiger partial charge in [-0.05, 0) is 12.0 Å². The SMILES string of the molecule is NC(=O)CN1CCNC[C@@H]1Cc1ccccc1. The number of nitrogens with zero attached hydrogens (tertiary/aromatic N) is 1. The zero-order valence-corrected chi connectivity index (χ0v) is 9.93. The molecule has 0 radical (unpaired) electrons. The summed E-state index contributed by atoms with van der Waals surface area (Å²) in [6, 6.07) is 10.7. The number of benzene rings is 1. The molecule has 0 aliphatic carbocycles. The normalized spacial score (nSPS) is 21.3. The van der Waals surface area contributed by atoms with E-state index in [4.69, 9.17) is 5.73 Å². The average molecular weight is 233 g/mol. The molecule has 17 heavy (non-hydrogen) atoms. The van der Waals surface area contributed by atoms with E-state index in [2.05, 4.69) is 22.3 Å². The van der Waals surface area contributed by atoms with E-state index in [0.29, 0.717) is 12.6 Å². The highest BCUT2D eigenvalue weighted by Crippen LogP contribution is 2.10. The molecule has 1 saturated heterocycles. The summed E-state index contributed by atoms with van der Waals surface area (Å²) in [5.74, 6) is -0.245. The van der Waals surface area contributed by atoms with Crippen molar-refractivity contribution in [1.29, 1.82) is 0 Å². The Morgan fingerprint density at radius 2 is 2.18 bits per heavy atom. The maximum Gasteiger partial charge on any atom is 0.231 e. The molecule has 4 heteroatoms. The molecule has 1 aliphatic heterocycles. The van der Waals surface area contributed by atoms with Gasteiger partial charge in [0.1, 0.15) is 0 Å². The van der Waals surface area contributed by atoms with Crippen molar-refractivity contribution in [3.8, 4) is 0 Å². The smallest absolute Gasteiger partial charge is 0.231 e. The second kappa shape index (κ2) is 5.80. The van der Waals surface area contributed by atoms with Gasteiger partial charge in [-0.2, -0.15) is 0 Å². The molecule has 1 aromatic carbocycles. The molecule has 1 amide bonds. The summed E-state index contributed by atoms with van der Waals surface area (Å²) in [5, 5.41) is 3.36. The summed E-state index contributed by atoms with van der Waals surface area (Å²) < 4.78 is 0. The minimum Gasteiger partial charge on any atom is -0.369 e. The summed E-state index contributed by atoms with van der Waals surface area (Å²) in [6.45, 7) is 3.10. The maximum absolute atomic E-state index is 11.0. The van der Waals surface area contributed by atoms with Crippen molar-refractivity contribution in [3.05, 3.63) is 35.9 Å². The molecule has 0 spiro atoms. The number of carbonyl (C=O) groups excluding carboxylic acids is 1. The van der Waals surface area contributed by atoms with Crippen molar-refractivity contribution in [2.75, 3.05) is 26.2 Å². The van der Waals surface area contributed by atoms with Gasteiger partial charge in [0.15, 0.2) is 0 Å². The van der Waals surface area contributed by atoms with Gasteiger partial charge in [-0.3, -0.25) is 9.69 Å². The minimum absolute atomic E-state index is 0.245. The van der Waals surface area contributed by atoms with Gasteiger partial charge in [0.25, 0.3) is 0 Å². The van der Waals surface area contributed by atoms with Crippen LogP contribution in [0.25, 0.3) is 0 Å². The maximum atomic E-state index is 11.0. The van der Waals surface area contributed by atoms with Crippen molar-refractivity contribution in [2.45, 2.75) is 12.5 Å². The average Bonchev–Trinajstić information content (AvgIpc) is 2.32. The molecule has 0 saturated carbocycles. The molecule has 2 rings (SSSR count). The first kappa shape index (κ1) is 12.1. The Labute approximate surface area is 102 Å². The van der Waals surface area contributed by atoms with Gasteiger partial charge in [0, 0.05) is 25.7 Å². The number of rotatable bonds is 4. The van der Waals surface area contributed by atoms with Crippen LogP contribution in [0.2, 0.25) is 0 Å². The quantitative estimate of drug-likeness (QED) is 0.769. The number of nitrogens with one attached hydrogen (secondary N) is 1. The monoisotopic (exact) mass is 233 g/mol. The van der Waals surface area contributed by atoms with Crippen LogP contribution in [0.5, 0.6) is 0 Å². The van der Waals surface area contributed by atoms with E-state index in [1.807, 2.05) is 18.2 Å². The molecule has 1 aliphatic rings. The van der Waals surface area contributed by atoms with E-state index >= 15 is 0 Å². The fraction of sp³-hybridized carbons (Fsp3) is 0.462. The van der Waals surface area contributed by atoms with E-state index in [1.54, 1.807) is 0 Å². The largest absolute Gasteiger partial charge is 0.369 e. The number of primary amides is 1. The number of piperazine rings is 1. The summed E-state index contributed by atoms with van der Waals surface area (Å²) in [4.78, 5) is 13.2. The Morgan fingerprint density at radius 3 is 2.88 bits per heavy atom. The van der Waals surface area contributed by atoms with Crippen LogP contribution in [0, 0.1) is 0 Å². The van der Waals surface area contributed by atoms with Crippen LogP contribution in [0.3, 0.4) is 0 Å². The highest BCUT2D eigenvalue weighted by Gasteiger charge is 2.23. The fourth-order valence-electron chi connectivity index (χ4n) is 2.30. The molecule has 0 aromatic heterocycles. The molecule has 0 unspecified atom stereocenters. The zero-order chi connectivity index (χ0) is 12.1. The fourth-order valence-corrected chi connectivity index (χ4v) is 2.30. The lowest BCUT2D eigenvalue weighted by atomic mass is 10.0. The Morgan fingerprint density at radius 1 is 1.41 bits per heavy atom. The van der Waals surface area contributed by atoms with Crippen LogP contribution in [-0.4, -0.2) is 43.0 Å². The van der Waals surface area contributed by atoms with Crippen LogP contribution in [0.4, 0.5) is 0 Å². The summed E-state index contributed by atoms with van der Waals surface area (Å²) in [5.41, 5.74) is 6.58. The summed E-state index contributed by atoms with van der Waals surface area (Å²) in [6.07, 6.45) is 0.959. The number of hydrogen-bond acceptors (Lipinski definition) is 3. The van der Waals surface area contributed by atoms with Gasteiger partial charge in [-0.15, -0.1) is 0 Å². The van der Waals surface area contributed by atoms with Crippen LogP contribution in [0.15, 0.2) is 30.3 Å². The Kier molecular flexibility index (Phi) is 4.12. The van der Waals surface area contributed by atoms with Gasteiger partial charge in [-0.1, -0.05) is 30.3 Å². The second-order valence-corrected chi connectivity index (χ2v) is 4.48. The first-order chi connectivity index (χ1) is 8.25. The molecule has 1 heterocycles. The third-order valence-electron chi connectivity index (χ3n) is 3.15. The third kappa shape index (κ3) is 3.54. The van der Waals surface area contributed by atoms with Gasteiger partial charge in [0.05, 0.1) is 6.54 Å². The molecule has 1 aromatic rings. The number of hydrogen-bond donors (Lipinski definition) is 2. The Hall–Kier alpha value is -1.39. The molecule has 4 nitrogen and oxygen atoms in total. The van der Waals surface area contributed by atoms with Crippen LogP contribution >= 0.6 is 0 Å². The number of amides is 1. The van der Waals surface area contributed by atoms with Crippen molar-refractivity contribution in [1.82, 2.24) is 10.2 Å². The topological polar surface area (TPSA) is 58.4 Å². The number of nitrogens with two attached hydrogens (primary N) is 1. The molecular formula is C13H19N3O. The number of carbonyl (C=O) groups is 1. The molecular weight excluding hydrogens is 214 g/mol. The van der Waals surface area contributed by atoms with Crippen molar-refractivity contribution < 1.29 is 4.79 Å². The van der Waals surface area contributed by atoms with E-state index in [9.17, 15) is 4.79 Å². The molecule has 1 fully saturated rings. The lowest BCUT2D eigenvalue weighted by Gasteiger charge is -2.35. The minimum atomic E-state index is -0.245. The first-order valence-electron chi connectivity index (χ1n) is 6.02. The standard InChI is InChI=1S/C13H19N3O/c14-13(17)10-16-7-6-15-9-12(16)8-11-4-2-1-3-5-11/h1-5,12,15H,6-10H2,(H2,14,17)/t12-/m0/s1. The van der Waals surface area contributed by atoms with Crippen LogP contribution in [-0.2, 0) is 11.2 Å². The highest BCUT2D eigenvalue weighted by atomic mass is 16.1.